The molecule has 7 nitrogen and oxygen atoms in total. The summed E-state index contributed by atoms with van der Waals surface area (Å²) < 4.78 is 0. The van der Waals surface area contributed by atoms with E-state index < -0.39 is 11.9 Å². The number of hydrogen-bond donors (Lipinski definition) is 2. The van der Waals surface area contributed by atoms with Gasteiger partial charge in [-0.15, -0.1) is 0 Å². The molecule has 102 valence electrons. The van der Waals surface area contributed by atoms with Crippen LogP contribution >= 0.6 is 0 Å². The first-order valence-electron chi connectivity index (χ1n) is 5.89. The maximum Gasteiger partial charge on any atom is 0.320 e. The van der Waals surface area contributed by atoms with Gasteiger partial charge >= 0.3 is 12.0 Å². The first kappa shape index (κ1) is 14.3. The molecule has 18 heavy (non-hydrogen) atoms. The first-order valence-corrected chi connectivity index (χ1v) is 5.89. The number of nitrogens with zero attached hydrogens (tertiary/aromatic N) is 2. The van der Waals surface area contributed by atoms with E-state index in [1.54, 1.807) is 0 Å². The number of hydrogen-bond acceptors (Lipinski definition) is 3. The van der Waals surface area contributed by atoms with Crippen LogP contribution in [0.1, 0.15) is 12.8 Å². The van der Waals surface area contributed by atoms with Gasteiger partial charge < -0.3 is 20.2 Å². The minimum atomic E-state index is -0.874. The number of nitrogens with one attached hydrogen (secondary N) is 1. The number of aliphatic carboxylic acids is 1. The second kappa shape index (κ2) is 6.23. The molecule has 7 heteroatoms. The number of likely N-dealkylation sites (tertiary alicyclic amines) is 1. The Morgan fingerprint density at radius 1 is 1.44 bits per heavy atom. The Labute approximate surface area is 106 Å². The van der Waals surface area contributed by atoms with E-state index in [0.717, 1.165) is 0 Å². The summed E-state index contributed by atoms with van der Waals surface area (Å²) in [6, 6.07) is -0.301. The molecule has 0 spiro atoms. The van der Waals surface area contributed by atoms with Gasteiger partial charge in [-0.3, -0.25) is 9.59 Å². The summed E-state index contributed by atoms with van der Waals surface area (Å²) in [5.41, 5.74) is 0. The molecule has 1 atom stereocenters. The van der Waals surface area contributed by atoms with Crippen LogP contribution in [0.3, 0.4) is 0 Å². The third-order valence-electron chi connectivity index (χ3n) is 3.03. The van der Waals surface area contributed by atoms with E-state index >= 15 is 0 Å². The number of carboxylic acids is 1. The van der Waals surface area contributed by atoms with Crippen LogP contribution in [-0.2, 0) is 9.59 Å². The summed E-state index contributed by atoms with van der Waals surface area (Å²) in [7, 11) is 3.03. The number of urea groups is 1. The Morgan fingerprint density at radius 3 is 2.67 bits per heavy atom. The molecule has 1 heterocycles. The molecule has 0 aromatic carbocycles. The minimum Gasteiger partial charge on any atom is -0.481 e. The summed E-state index contributed by atoms with van der Waals surface area (Å²) in [5.74, 6) is -1.63. The fraction of sp³-hybridized carbons (Fsp3) is 0.727. The number of rotatable bonds is 3. The van der Waals surface area contributed by atoms with Gasteiger partial charge in [-0.25, -0.2) is 4.79 Å². The lowest BCUT2D eigenvalue weighted by molar-refractivity contribution is -0.143. The highest BCUT2D eigenvalue weighted by Gasteiger charge is 2.29. The van der Waals surface area contributed by atoms with E-state index in [4.69, 9.17) is 5.11 Å². The average Bonchev–Trinajstić information content (AvgIpc) is 2.37. The quantitative estimate of drug-likeness (QED) is 0.718. The van der Waals surface area contributed by atoms with Gasteiger partial charge in [0.15, 0.2) is 0 Å². The number of carboxylic acid groups (broad SMARTS) is 1. The zero-order valence-electron chi connectivity index (χ0n) is 10.7. The SMILES string of the molecule is CNC(=O)CN(C)C(=O)N1CCC[C@@H](C(=O)O)C1. The van der Waals surface area contributed by atoms with Crippen LogP contribution < -0.4 is 5.32 Å². The third kappa shape index (κ3) is 3.61. The van der Waals surface area contributed by atoms with E-state index in [1.807, 2.05) is 0 Å². The molecule has 1 aliphatic heterocycles. The lowest BCUT2D eigenvalue weighted by atomic mass is 9.99. The van der Waals surface area contributed by atoms with Crippen molar-refractivity contribution >= 4 is 17.9 Å². The van der Waals surface area contributed by atoms with Crippen LogP contribution in [0.25, 0.3) is 0 Å². The van der Waals surface area contributed by atoms with Gasteiger partial charge in [0, 0.05) is 27.2 Å². The molecule has 0 aromatic heterocycles. The van der Waals surface area contributed by atoms with Gasteiger partial charge in [-0.05, 0) is 12.8 Å². The van der Waals surface area contributed by atoms with Crippen molar-refractivity contribution in [2.45, 2.75) is 12.8 Å². The smallest absolute Gasteiger partial charge is 0.320 e. The fourth-order valence-electron chi connectivity index (χ4n) is 1.96. The Balaban J connectivity index is 2.55. The lowest BCUT2D eigenvalue weighted by Crippen LogP contribution is -2.49. The third-order valence-corrected chi connectivity index (χ3v) is 3.03. The van der Waals surface area contributed by atoms with Crippen LogP contribution in [0.15, 0.2) is 0 Å². The molecule has 2 N–H and O–H groups in total. The normalized spacial score (nSPS) is 19.2. The summed E-state index contributed by atoms with van der Waals surface area (Å²) in [6.45, 7) is 0.733. The lowest BCUT2D eigenvalue weighted by Gasteiger charge is -2.33. The van der Waals surface area contributed by atoms with Crippen LogP contribution in [0, 0.1) is 5.92 Å². The summed E-state index contributed by atoms with van der Waals surface area (Å²) >= 11 is 0. The molecule has 0 aliphatic carbocycles. The Hall–Kier alpha value is -1.79. The number of carbonyl (C=O) groups is 3. The van der Waals surface area contributed by atoms with Gasteiger partial charge in [0.05, 0.1) is 5.92 Å². The van der Waals surface area contributed by atoms with Crippen molar-refractivity contribution in [2.75, 3.05) is 33.7 Å². The fourth-order valence-corrected chi connectivity index (χ4v) is 1.96. The van der Waals surface area contributed by atoms with Crippen LogP contribution in [0.2, 0.25) is 0 Å². The van der Waals surface area contributed by atoms with Crippen molar-refractivity contribution in [3.63, 3.8) is 0 Å². The van der Waals surface area contributed by atoms with Gasteiger partial charge in [-0.1, -0.05) is 0 Å². The van der Waals surface area contributed by atoms with Crippen molar-refractivity contribution in [3.05, 3.63) is 0 Å². The predicted octanol–water partition coefficient (Wildman–Crippen LogP) is -0.419. The maximum atomic E-state index is 12.0. The molecule has 0 unspecified atom stereocenters. The van der Waals surface area contributed by atoms with E-state index in [0.29, 0.717) is 19.4 Å². The molecule has 0 aromatic rings. The Morgan fingerprint density at radius 2 is 2.11 bits per heavy atom. The molecular formula is C11H19N3O4. The van der Waals surface area contributed by atoms with Crippen molar-refractivity contribution in [2.24, 2.45) is 5.92 Å². The molecule has 0 bridgehead atoms. The van der Waals surface area contributed by atoms with Crippen molar-refractivity contribution in [1.29, 1.82) is 0 Å². The highest BCUT2D eigenvalue weighted by molar-refractivity contribution is 5.84. The standard InChI is InChI=1S/C11H19N3O4/c1-12-9(15)7-13(2)11(18)14-5-3-4-8(6-14)10(16)17/h8H,3-7H2,1-2H3,(H,12,15)(H,16,17)/t8-/m1/s1. The zero-order valence-corrected chi connectivity index (χ0v) is 10.7. The molecule has 0 saturated carbocycles. The van der Waals surface area contributed by atoms with Crippen LogP contribution in [0.5, 0.6) is 0 Å². The van der Waals surface area contributed by atoms with E-state index in [-0.39, 0.29) is 25.0 Å². The van der Waals surface area contributed by atoms with E-state index in [1.165, 1.54) is 23.9 Å². The van der Waals surface area contributed by atoms with Crippen molar-refractivity contribution < 1.29 is 19.5 Å². The maximum absolute atomic E-state index is 12.0. The van der Waals surface area contributed by atoms with Crippen LogP contribution in [-0.4, -0.2) is 66.5 Å². The van der Waals surface area contributed by atoms with Gasteiger partial charge in [0.1, 0.15) is 6.54 Å². The Bertz CT molecular complexity index is 345. The van der Waals surface area contributed by atoms with Crippen LogP contribution in [0.4, 0.5) is 4.79 Å². The molecule has 1 fully saturated rings. The topological polar surface area (TPSA) is 90.0 Å². The highest BCUT2D eigenvalue weighted by atomic mass is 16.4. The average molecular weight is 257 g/mol. The summed E-state index contributed by atoms with van der Waals surface area (Å²) in [5, 5.41) is 11.4. The van der Waals surface area contributed by atoms with Gasteiger partial charge in [-0.2, -0.15) is 0 Å². The molecule has 0 radical (unpaired) electrons. The molecule has 1 rings (SSSR count). The number of likely N-dealkylation sites (N-methyl/N-ethyl adjacent to an activating group) is 2. The summed E-state index contributed by atoms with van der Waals surface area (Å²) in [4.78, 5) is 36.8. The van der Waals surface area contributed by atoms with E-state index in [2.05, 4.69) is 5.32 Å². The summed E-state index contributed by atoms with van der Waals surface area (Å²) in [6.07, 6.45) is 1.27. The second-order valence-electron chi connectivity index (χ2n) is 4.44. The second-order valence-corrected chi connectivity index (χ2v) is 4.44. The van der Waals surface area contributed by atoms with Crippen molar-refractivity contribution in [1.82, 2.24) is 15.1 Å². The first-order chi connectivity index (χ1) is 8.45. The largest absolute Gasteiger partial charge is 0.481 e. The van der Waals surface area contributed by atoms with Gasteiger partial charge in [0.25, 0.3) is 0 Å². The van der Waals surface area contributed by atoms with E-state index in [9.17, 15) is 14.4 Å². The zero-order chi connectivity index (χ0) is 13.7. The monoisotopic (exact) mass is 257 g/mol. The predicted molar refractivity (Wildman–Crippen MR) is 64.0 cm³/mol. The van der Waals surface area contributed by atoms with Crippen molar-refractivity contribution in [3.8, 4) is 0 Å². The molecule has 3 amide bonds. The van der Waals surface area contributed by atoms with Gasteiger partial charge in [0.2, 0.25) is 5.91 Å². The number of carbonyl (C=O) groups excluding carboxylic acids is 2. The molecular weight excluding hydrogens is 238 g/mol. The molecule has 1 saturated heterocycles. The number of amides is 3. The minimum absolute atomic E-state index is 0.0242. The highest BCUT2D eigenvalue weighted by Crippen LogP contribution is 2.17. The number of piperidine rings is 1. The Kier molecular flexibility index (Phi) is 4.94. The molecule has 1 aliphatic rings.